The molecule has 2 N–H and O–H groups in total. The van der Waals surface area contributed by atoms with E-state index in [-0.39, 0.29) is 24.1 Å². The number of nitrogens with one attached hydrogen (secondary N) is 2. The fraction of sp³-hybridized carbons (Fsp3) is 0.650. The van der Waals surface area contributed by atoms with E-state index in [9.17, 15) is 14.4 Å². The van der Waals surface area contributed by atoms with Crippen LogP contribution in [-0.2, 0) is 4.74 Å². The Morgan fingerprint density at radius 3 is 2.26 bits per heavy atom. The van der Waals surface area contributed by atoms with Gasteiger partial charge in [-0.25, -0.2) is 9.59 Å². The van der Waals surface area contributed by atoms with Gasteiger partial charge in [-0.1, -0.05) is 6.92 Å². The SMILES string of the molecule is CCCN(C(=O)NC(C)(C)C)C(C)C(=O)c1c(C)[nH]c(C(=O)OCC)c1C. The van der Waals surface area contributed by atoms with E-state index in [1.54, 1.807) is 32.6 Å². The molecule has 0 aliphatic rings. The van der Waals surface area contributed by atoms with Crippen molar-refractivity contribution in [2.45, 2.75) is 73.4 Å². The van der Waals surface area contributed by atoms with E-state index in [0.29, 0.717) is 23.4 Å². The van der Waals surface area contributed by atoms with E-state index in [1.807, 2.05) is 27.7 Å². The normalized spacial score (nSPS) is 12.4. The summed E-state index contributed by atoms with van der Waals surface area (Å²) in [6, 6.07) is -0.933. The molecule has 2 amide bonds. The summed E-state index contributed by atoms with van der Waals surface area (Å²) < 4.78 is 5.04. The summed E-state index contributed by atoms with van der Waals surface area (Å²) in [6.07, 6.45) is 0.731. The first kappa shape index (κ1) is 22.7. The van der Waals surface area contributed by atoms with Crippen LogP contribution in [0, 0.1) is 13.8 Å². The molecule has 0 bridgehead atoms. The Hall–Kier alpha value is -2.31. The van der Waals surface area contributed by atoms with Gasteiger partial charge < -0.3 is 19.9 Å². The Bertz CT molecular complexity index is 701. The number of rotatable bonds is 7. The zero-order valence-electron chi connectivity index (χ0n) is 17.8. The topological polar surface area (TPSA) is 91.5 Å². The first-order chi connectivity index (χ1) is 12.4. The number of ether oxygens (including phenoxy) is 1. The molecule has 1 rings (SSSR count). The van der Waals surface area contributed by atoms with Crippen molar-refractivity contribution in [3.8, 4) is 0 Å². The fourth-order valence-corrected chi connectivity index (χ4v) is 2.98. The van der Waals surface area contributed by atoms with Crippen LogP contribution in [0.4, 0.5) is 4.79 Å². The van der Waals surface area contributed by atoms with E-state index in [1.165, 1.54) is 0 Å². The molecule has 152 valence electrons. The Morgan fingerprint density at radius 1 is 1.19 bits per heavy atom. The lowest BCUT2D eigenvalue weighted by atomic mass is 9.99. The average Bonchev–Trinajstić information content (AvgIpc) is 2.84. The average molecular weight is 380 g/mol. The van der Waals surface area contributed by atoms with Crippen molar-refractivity contribution in [2.24, 2.45) is 0 Å². The Morgan fingerprint density at radius 2 is 1.78 bits per heavy atom. The number of H-pyrrole nitrogens is 1. The number of amides is 2. The van der Waals surface area contributed by atoms with E-state index in [2.05, 4.69) is 10.3 Å². The van der Waals surface area contributed by atoms with E-state index in [0.717, 1.165) is 6.42 Å². The lowest BCUT2D eigenvalue weighted by molar-refractivity contribution is 0.0519. The minimum absolute atomic E-state index is 0.200. The first-order valence-electron chi connectivity index (χ1n) is 9.43. The Kier molecular flexibility index (Phi) is 7.63. The van der Waals surface area contributed by atoms with Gasteiger partial charge in [0.05, 0.1) is 12.6 Å². The third kappa shape index (κ3) is 5.58. The maximum Gasteiger partial charge on any atom is 0.355 e. The van der Waals surface area contributed by atoms with Crippen LogP contribution in [0.3, 0.4) is 0 Å². The third-order valence-electron chi connectivity index (χ3n) is 4.22. The zero-order chi connectivity index (χ0) is 20.9. The van der Waals surface area contributed by atoms with E-state index >= 15 is 0 Å². The van der Waals surface area contributed by atoms with Crippen molar-refractivity contribution in [1.82, 2.24) is 15.2 Å². The maximum absolute atomic E-state index is 13.2. The highest BCUT2D eigenvalue weighted by Crippen LogP contribution is 2.22. The molecule has 1 atom stereocenters. The van der Waals surface area contributed by atoms with Gasteiger partial charge in [0, 0.05) is 23.3 Å². The minimum atomic E-state index is -0.657. The summed E-state index contributed by atoms with van der Waals surface area (Å²) in [5.74, 6) is -0.685. The highest BCUT2D eigenvalue weighted by atomic mass is 16.5. The largest absolute Gasteiger partial charge is 0.461 e. The van der Waals surface area contributed by atoms with Crippen LogP contribution in [0.25, 0.3) is 0 Å². The zero-order valence-corrected chi connectivity index (χ0v) is 17.8. The number of urea groups is 1. The van der Waals surface area contributed by atoms with Gasteiger partial charge in [-0.3, -0.25) is 4.79 Å². The molecule has 1 heterocycles. The van der Waals surface area contributed by atoms with Gasteiger partial charge in [0.1, 0.15) is 5.69 Å². The molecule has 7 nitrogen and oxygen atoms in total. The predicted molar refractivity (Wildman–Crippen MR) is 105 cm³/mol. The molecule has 7 heteroatoms. The monoisotopic (exact) mass is 379 g/mol. The van der Waals surface area contributed by atoms with Gasteiger partial charge in [0.2, 0.25) is 0 Å². The molecule has 1 aromatic rings. The highest BCUT2D eigenvalue weighted by Gasteiger charge is 2.32. The third-order valence-corrected chi connectivity index (χ3v) is 4.22. The molecule has 1 aromatic heterocycles. The number of esters is 1. The van der Waals surface area contributed by atoms with Crippen molar-refractivity contribution in [3.05, 3.63) is 22.5 Å². The number of nitrogens with zero attached hydrogens (tertiary/aromatic N) is 1. The molecule has 0 aliphatic carbocycles. The highest BCUT2D eigenvalue weighted by molar-refractivity contribution is 6.06. The molecule has 0 aliphatic heterocycles. The summed E-state index contributed by atoms with van der Waals surface area (Å²) in [6.45, 7) is 15.3. The fourth-order valence-electron chi connectivity index (χ4n) is 2.98. The molecule has 0 fully saturated rings. The van der Waals surface area contributed by atoms with Crippen LogP contribution in [-0.4, -0.2) is 52.4 Å². The second-order valence-corrected chi connectivity index (χ2v) is 7.76. The molecule has 1 unspecified atom stereocenters. The molecule has 0 saturated heterocycles. The standard InChI is InChI=1S/C20H33N3O4/c1-9-11-23(19(26)22-20(6,7)8)14(5)17(24)15-12(3)16(21-13(15)4)18(25)27-10-2/h14,21H,9-11H2,1-8H3,(H,22,26). The summed E-state index contributed by atoms with van der Waals surface area (Å²) in [5.41, 5.74) is 1.47. The van der Waals surface area contributed by atoms with Crippen LogP contribution < -0.4 is 5.32 Å². The second kappa shape index (κ2) is 9.06. The molecule has 0 spiro atoms. The maximum atomic E-state index is 13.2. The number of aryl methyl sites for hydroxylation is 1. The summed E-state index contributed by atoms with van der Waals surface area (Å²) in [7, 11) is 0. The van der Waals surface area contributed by atoms with Gasteiger partial charge in [0.15, 0.2) is 5.78 Å². The summed E-state index contributed by atoms with van der Waals surface area (Å²) in [4.78, 5) is 42.4. The van der Waals surface area contributed by atoms with Crippen molar-refractivity contribution >= 4 is 17.8 Å². The predicted octanol–water partition coefficient (Wildman–Crippen LogP) is 3.60. The molecule has 0 aromatic carbocycles. The van der Waals surface area contributed by atoms with Crippen LogP contribution in [0.2, 0.25) is 0 Å². The quantitative estimate of drug-likeness (QED) is 0.559. The number of carbonyl (C=O) groups excluding carboxylic acids is 3. The smallest absolute Gasteiger partial charge is 0.355 e. The second-order valence-electron chi connectivity index (χ2n) is 7.76. The Labute approximate surface area is 161 Å². The lowest BCUT2D eigenvalue weighted by Crippen LogP contribution is -2.53. The van der Waals surface area contributed by atoms with Crippen LogP contribution in [0.1, 0.15) is 80.1 Å². The van der Waals surface area contributed by atoms with Crippen molar-refractivity contribution < 1.29 is 19.1 Å². The van der Waals surface area contributed by atoms with Gasteiger partial charge in [-0.05, 0) is 60.5 Å². The number of carbonyl (C=O) groups is 3. The van der Waals surface area contributed by atoms with E-state index in [4.69, 9.17) is 4.74 Å². The van der Waals surface area contributed by atoms with Gasteiger partial charge in [-0.15, -0.1) is 0 Å². The molecule has 0 saturated carbocycles. The van der Waals surface area contributed by atoms with Crippen LogP contribution >= 0.6 is 0 Å². The van der Waals surface area contributed by atoms with Crippen molar-refractivity contribution in [3.63, 3.8) is 0 Å². The van der Waals surface area contributed by atoms with Crippen LogP contribution in [0.15, 0.2) is 0 Å². The van der Waals surface area contributed by atoms with Gasteiger partial charge in [0.25, 0.3) is 0 Å². The van der Waals surface area contributed by atoms with Crippen molar-refractivity contribution in [1.29, 1.82) is 0 Å². The van der Waals surface area contributed by atoms with Gasteiger partial charge in [-0.2, -0.15) is 0 Å². The number of hydrogen-bond acceptors (Lipinski definition) is 4. The lowest BCUT2D eigenvalue weighted by Gasteiger charge is -2.32. The molecular formula is C20H33N3O4. The first-order valence-corrected chi connectivity index (χ1v) is 9.43. The number of ketones is 1. The minimum Gasteiger partial charge on any atom is -0.461 e. The number of aromatic amines is 1. The summed E-state index contributed by atoms with van der Waals surface area (Å²) >= 11 is 0. The van der Waals surface area contributed by atoms with Crippen molar-refractivity contribution in [2.75, 3.05) is 13.2 Å². The van der Waals surface area contributed by atoms with Crippen LogP contribution in [0.5, 0.6) is 0 Å². The molecular weight excluding hydrogens is 346 g/mol. The van der Waals surface area contributed by atoms with E-state index < -0.39 is 17.6 Å². The van der Waals surface area contributed by atoms with Gasteiger partial charge >= 0.3 is 12.0 Å². The number of aromatic nitrogens is 1. The summed E-state index contributed by atoms with van der Waals surface area (Å²) in [5, 5.41) is 2.91. The number of hydrogen-bond donors (Lipinski definition) is 2. The molecule has 0 radical (unpaired) electrons. The Balaban J connectivity index is 3.18. The molecule has 27 heavy (non-hydrogen) atoms. The number of Topliss-reactive ketones (excluding diaryl/α,β-unsaturated/α-hetero) is 1.